The summed E-state index contributed by atoms with van der Waals surface area (Å²) in [5.74, 6) is -0.173. The van der Waals surface area contributed by atoms with Crippen molar-refractivity contribution >= 4 is 28.7 Å². The van der Waals surface area contributed by atoms with Crippen LogP contribution in [0.1, 0.15) is 32.7 Å². The second kappa shape index (κ2) is 9.36. The molecule has 0 aliphatic carbocycles. The number of rotatable bonds is 8. The van der Waals surface area contributed by atoms with Crippen molar-refractivity contribution in [3.05, 3.63) is 95.6 Å². The molecule has 6 heteroatoms. The summed E-state index contributed by atoms with van der Waals surface area (Å²) in [7, 11) is 0. The van der Waals surface area contributed by atoms with Crippen LogP contribution in [-0.4, -0.2) is 33.0 Å². The highest BCUT2D eigenvalue weighted by Crippen LogP contribution is 2.23. The van der Waals surface area contributed by atoms with E-state index in [0.717, 1.165) is 18.4 Å². The van der Waals surface area contributed by atoms with E-state index in [4.69, 9.17) is 5.11 Å². The van der Waals surface area contributed by atoms with Crippen molar-refractivity contribution in [3.63, 3.8) is 0 Å². The first kappa shape index (κ1) is 20.5. The lowest BCUT2D eigenvalue weighted by molar-refractivity contribution is 0.0903. The van der Waals surface area contributed by atoms with E-state index in [2.05, 4.69) is 22.4 Å². The number of fused-ring (bicyclic) bond motifs is 1. The molecular weight excluding hydrogens is 390 g/mol. The Balaban J connectivity index is 1.63. The van der Waals surface area contributed by atoms with Crippen molar-refractivity contribution in [2.24, 2.45) is 0 Å². The van der Waals surface area contributed by atoms with Crippen LogP contribution in [0.15, 0.2) is 78.9 Å². The molecule has 4 rings (SSSR count). The maximum atomic E-state index is 12.7. The highest BCUT2D eigenvalue weighted by Gasteiger charge is 2.16. The number of benzene rings is 3. The summed E-state index contributed by atoms with van der Waals surface area (Å²) in [4.78, 5) is 29.2. The summed E-state index contributed by atoms with van der Waals surface area (Å²) in [6.07, 6.45) is 1.76. The van der Waals surface area contributed by atoms with E-state index < -0.39 is 6.61 Å². The second-order valence-electron chi connectivity index (χ2n) is 7.28. The van der Waals surface area contributed by atoms with Gasteiger partial charge in [-0.25, -0.2) is 4.98 Å². The Bertz CT molecular complexity index is 1200. The molecule has 0 aliphatic heterocycles. The Morgan fingerprint density at radius 2 is 1.61 bits per heavy atom. The Kier molecular flexibility index (Phi) is 6.19. The van der Waals surface area contributed by atoms with Gasteiger partial charge in [0.15, 0.2) is 5.78 Å². The Labute approximate surface area is 180 Å². The minimum Gasteiger partial charge on any atom is -0.388 e. The standard InChI is InChI=1S/C25H23N3O3/c29-17-23(30)20-13-14-22-21(16-20)26-25(27-24(31)19-11-5-2-6-12-19)28(22)15-7-10-18-8-3-1-4-9-18/h1-6,8-9,11-14,16,29H,7,10,15,17H2,(H,26,27,31). The van der Waals surface area contributed by atoms with Gasteiger partial charge in [-0.05, 0) is 48.7 Å². The molecule has 1 heterocycles. The third-order valence-corrected chi connectivity index (χ3v) is 5.17. The molecule has 1 amide bonds. The quantitative estimate of drug-likeness (QED) is 0.426. The molecule has 0 unspecified atom stereocenters. The van der Waals surface area contributed by atoms with Crippen molar-refractivity contribution in [2.75, 3.05) is 11.9 Å². The van der Waals surface area contributed by atoms with E-state index in [9.17, 15) is 9.59 Å². The van der Waals surface area contributed by atoms with Gasteiger partial charge < -0.3 is 9.67 Å². The van der Waals surface area contributed by atoms with Gasteiger partial charge in [0.25, 0.3) is 5.91 Å². The second-order valence-corrected chi connectivity index (χ2v) is 7.28. The lowest BCUT2D eigenvalue weighted by Gasteiger charge is -2.10. The summed E-state index contributed by atoms with van der Waals surface area (Å²) in [5, 5.41) is 12.1. The number of carbonyl (C=O) groups is 2. The number of carbonyl (C=O) groups excluding carboxylic acids is 2. The topological polar surface area (TPSA) is 84.2 Å². The maximum absolute atomic E-state index is 12.7. The SMILES string of the molecule is O=C(CO)c1ccc2c(c1)nc(NC(=O)c1ccccc1)n2CCCc1ccccc1. The van der Waals surface area contributed by atoms with Crippen LogP contribution in [0.4, 0.5) is 5.95 Å². The first-order chi connectivity index (χ1) is 15.2. The van der Waals surface area contributed by atoms with Gasteiger partial charge in [0.05, 0.1) is 11.0 Å². The zero-order valence-corrected chi connectivity index (χ0v) is 17.0. The normalized spacial score (nSPS) is 10.9. The summed E-state index contributed by atoms with van der Waals surface area (Å²) in [5.41, 5.74) is 3.61. The van der Waals surface area contributed by atoms with Crippen molar-refractivity contribution in [2.45, 2.75) is 19.4 Å². The number of Topliss-reactive ketones (excluding diaryl/α,β-unsaturated/α-hetero) is 1. The van der Waals surface area contributed by atoms with Crippen LogP contribution in [0.3, 0.4) is 0 Å². The van der Waals surface area contributed by atoms with Crippen LogP contribution in [0.5, 0.6) is 0 Å². The molecule has 0 saturated heterocycles. The monoisotopic (exact) mass is 413 g/mol. The number of aryl methyl sites for hydroxylation is 2. The number of ketones is 1. The number of nitrogens with zero attached hydrogens (tertiary/aromatic N) is 2. The number of imidazole rings is 1. The fraction of sp³-hybridized carbons (Fsp3) is 0.160. The predicted octanol–water partition coefficient (Wildman–Crippen LogP) is 4.10. The van der Waals surface area contributed by atoms with Crippen molar-refractivity contribution in [1.29, 1.82) is 0 Å². The summed E-state index contributed by atoms with van der Waals surface area (Å²) < 4.78 is 1.96. The minimum absolute atomic E-state index is 0.244. The van der Waals surface area contributed by atoms with E-state index >= 15 is 0 Å². The summed E-state index contributed by atoms with van der Waals surface area (Å²) >= 11 is 0. The van der Waals surface area contributed by atoms with Gasteiger partial charge in [-0.1, -0.05) is 48.5 Å². The molecule has 31 heavy (non-hydrogen) atoms. The van der Waals surface area contributed by atoms with E-state index in [1.54, 1.807) is 24.3 Å². The number of amides is 1. The average molecular weight is 413 g/mol. The average Bonchev–Trinajstić information content (AvgIpc) is 3.16. The summed E-state index contributed by atoms with van der Waals surface area (Å²) in [6.45, 7) is 0.101. The van der Waals surface area contributed by atoms with Crippen molar-refractivity contribution in [3.8, 4) is 0 Å². The highest BCUT2D eigenvalue weighted by atomic mass is 16.3. The molecule has 0 saturated carbocycles. The lowest BCUT2D eigenvalue weighted by atomic mass is 10.1. The number of hydrogen-bond acceptors (Lipinski definition) is 4. The van der Waals surface area contributed by atoms with Gasteiger partial charge in [-0.2, -0.15) is 0 Å². The molecule has 0 atom stereocenters. The van der Waals surface area contributed by atoms with Gasteiger partial charge in [0.2, 0.25) is 5.95 Å². The van der Waals surface area contributed by atoms with E-state index in [-0.39, 0.29) is 11.7 Å². The van der Waals surface area contributed by atoms with Gasteiger partial charge in [0.1, 0.15) is 6.61 Å². The predicted molar refractivity (Wildman–Crippen MR) is 120 cm³/mol. The molecule has 6 nitrogen and oxygen atoms in total. The number of aliphatic hydroxyl groups excluding tert-OH is 1. The fourth-order valence-corrected chi connectivity index (χ4v) is 3.57. The first-order valence-electron chi connectivity index (χ1n) is 10.2. The zero-order valence-electron chi connectivity index (χ0n) is 17.0. The molecule has 0 spiro atoms. The zero-order chi connectivity index (χ0) is 21.6. The van der Waals surface area contributed by atoms with Crippen LogP contribution in [0, 0.1) is 0 Å². The number of aliphatic hydroxyl groups is 1. The minimum atomic E-state index is -0.555. The van der Waals surface area contributed by atoms with Gasteiger partial charge in [-0.3, -0.25) is 14.9 Å². The van der Waals surface area contributed by atoms with E-state index in [1.807, 2.05) is 47.0 Å². The number of aromatic nitrogens is 2. The van der Waals surface area contributed by atoms with Crippen molar-refractivity contribution in [1.82, 2.24) is 9.55 Å². The molecule has 0 radical (unpaired) electrons. The highest BCUT2D eigenvalue weighted by molar-refractivity contribution is 6.04. The van der Waals surface area contributed by atoms with Crippen molar-refractivity contribution < 1.29 is 14.7 Å². The maximum Gasteiger partial charge on any atom is 0.257 e. The third-order valence-electron chi connectivity index (χ3n) is 5.17. The Hall–Kier alpha value is -3.77. The summed E-state index contributed by atoms with van der Waals surface area (Å²) in [6, 6.07) is 24.3. The molecule has 1 aromatic heterocycles. The molecule has 0 fully saturated rings. The van der Waals surface area contributed by atoms with Gasteiger partial charge in [-0.15, -0.1) is 0 Å². The van der Waals surface area contributed by atoms with Crippen LogP contribution in [0.25, 0.3) is 11.0 Å². The molecule has 2 N–H and O–H groups in total. The van der Waals surface area contributed by atoms with E-state index in [1.165, 1.54) is 5.56 Å². The Morgan fingerprint density at radius 3 is 2.32 bits per heavy atom. The molecule has 4 aromatic rings. The molecular formula is C25H23N3O3. The molecule has 0 bridgehead atoms. The molecule has 0 aliphatic rings. The fourth-order valence-electron chi connectivity index (χ4n) is 3.57. The van der Waals surface area contributed by atoms with Crippen LogP contribution >= 0.6 is 0 Å². The van der Waals surface area contributed by atoms with Gasteiger partial charge >= 0.3 is 0 Å². The molecule has 3 aromatic carbocycles. The van der Waals surface area contributed by atoms with Gasteiger partial charge in [0, 0.05) is 17.7 Å². The van der Waals surface area contributed by atoms with Crippen LogP contribution in [-0.2, 0) is 13.0 Å². The smallest absolute Gasteiger partial charge is 0.257 e. The molecule has 156 valence electrons. The number of anilines is 1. The lowest BCUT2D eigenvalue weighted by Crippen LogP contribution is -2.16. The first-order valence-corrected chi connectivity index (χ1v) is 10.2. The Morgan fingerprint density at radius 1 is 0.903 bits per heavy atom. The third kappa shape index (κ3) is 4.70. The largest absolute Gasteiger partial charge is 0.388 e. The van der Waals surface area contributed by atoms with Crippen LogP contribution < -0.4 is 5.32 Å². The van der Waals surface area contributed by atoms with Crippen LogP contribution in [0.2, 0.25) is 0 Å². The number of nitrogens with one attached hydrogen (secondary N) is 1. The van der Waals surface area contributed by atoms with E-state index in [0.29, 0.717) is 29.1 Å². The number of hydrogen-bond donors (Lipinski definition) is 2.